The number of aryl methyl sites for hydroxylation is 1. The molecule has 0 saturated heterocycles. The van der Waals surface area contributed by atoms with Crippen LogP contribution in [0, 0.1) is 12.8 Å². The number of aromatic amines is 1. The van der Waals surface area contributed by atoms with E-state index < -0.39 is 0 Å². The summed E-state index contributed by atoms with van der Waals surface area (Å²) < 4.78 is 7.56. The lowest BCUT2D eigenvalue weighted by Gasteiger charge is -2.33. The molecule has 8 heteroatoms. The van der Waals surface area contributed by atoms with Gasteiger partial charge in [-0.3, -0.25) is 9.69 Å². The van der Waals surface area contributed by atoms with Crippen molar-refractivity contribution in [3.63, 3.8) is 0 Å². The van der Waals surface area contributed by atoms with Gasteiger partial charge in [-0.25, -0.2) is 4.68 Å². The number of aromatic nitrogens is 5. The standard InChI is InChI=1S/C28H30N6O2/c1-19(2)26(27-30-31-32-34(27)16-21-8-5-4-6-9-21)33(18-24-10-7-13-36-24)17-23-15-22-14-20(3)11-12-25(22)29-28(23)35/h4-15,19,26H,16-18H2,1-3H3,(H,29,35). The van der Waals surface area contributed by atoms with Crippen molar-refractivity contribution < 1.29 is 4.42 Å². The first-order valence-electron chi connectivity index (χ1n) is 12.2. The maximum atomic E-state index is 13.1. The van der Waals surface area contributed by atoms with Gasteiger partial charge in [-0.1, -0.05) is 55.8 Å². The number of pyridine rings is 1. The highest BCUT2D eigenvalue weighted by Crippen LogP contribution is 2.30. The third-order valence-corrected chi connectivity index (χ3v) is 6.41. The van der Waals surface area contributed by atoms with Crippen LogP contribution in [0.5, 0.6) is 0 Å². The number of H-pyrrole nitrogens is 1. The number of rotatable bonds is 9. The number of fused-ring (bicyclic) bond motifs is 1. The third-order valence-electron chi connectivity index (χ3n) is 6.41. The van der Waals surface area contributed by atoms with E-state index in [4.69, 9.17) is 4.42 Å². The second kappa shape index (κ2) is 10.3. The first kappa shape index (κ1) is 23.7. The van der Waals surface area contributed by atoms with Gasteiger partial charge in [0.1, 0.15) is 5.76 Å². The van der Waals surface area contributed by atoms with Crippen LogP contribution in [0.3, 0.4) is 0 Å². The largest absolute Gasteiger partial charge is 0.468 e. The van der Waals surface area contributed by atoms with Crippen LogP contribution < -0.4 is 5.56 Å². The molecule has 0 aliphatic carbocycles. The molecule has 0 aliphatic heterocycles. The van der Waals surface area contributed by atoms with Crippen molar-refractivity contribution >= 4 is 10.9 Å². The average Bonchev–Trinajstić information content (AvgIpc) is 3.53. The number of hydrogen-bond acceptors (Lipinski definition) is 6. The first-order chi connectivity index (χ1) is 17.5. The van der Waals surface area contributed by atoms with Crippen LogP contribution in [0.2, 0.25) is 0 Å². The maximum absolute atomic E-state index is 13.1. The number of tetrazole rings is 1. The highest BCUT2D eigenvalue weighted by Gasteiger charge is 2.30. The molecule has 0 fully saturated rings. The molecule has 1 atom stereocenters. The topological polar surface area (TPSA) is 92.8 Å². The van der Waals surface area contributed by atoms with Crippen LogP contribution >= 0.6 is 0 Å². The molecule has 0 bridgehead atoms. The zero-order valence-corrected chi connectivity index (χ0v) is 20.8. The summed E-state index contributed by atoms with van der Waals surface area (Å²) in [6.07, 6.45) is 1.67. The van der Waals surface area contributed by atoms with Gasteiger partial charge in [-0.2, -0.15) is 0 Å². The summed E-state index contributed by atoms with van der Waals surface area (Å²) in [5.74, 6) is 1.74. The molecule has 2 aromatic carbocycles. The molecule has 5 aromatic rings. The summed E-state index contributed by atoms with van der Waals surface area (Å²) in [7, 11) is 0. The Morgan fingerprint density at radius 1 is 1.03 bits per heavy atom. The van der Waals surface area contributed by atoms with Crippen molar-refractivity contribution in [1.82, 2.24) is 30.1 Å². The molecule has 0 aliphatic rings. The fraction of sp³-hybridized carbons (Fsp3) is 0.286. The number of nitrogens with zero attached hydrogens (tertiary/aromatic N) is 5. The second-order valence-electron chi connectivity index (χ2n) is 9.57. The van der Waals surface area contributed by atoms with Gasteiger partial charge in [0.2, 0.25) is 0 Å². The highest BCUT2D eigenvalue weighted by molar-refractivity contribution is 5.79. The Labute approximate surface area is 209 Å². The molecule has 0 saturated carbocycles. The Morgan fingerprint density at radius 2 is 1.86 bits per heavy atom. The van der Waals surface area contributed by atoms with E-state index in [1.165, 1.54) is 0 Å². The van der Waals surface area contributed by atoms with E-state index in [1.54, 1.807) is 6.26 Å². The molecule has 5 rings (SSSR count). The maximum Gasteiger partial charge on any atom is 0.252 e. The lowest BCUT2D eigenvalue weighted by Crippen LogP contribution is -2.35. The van der Waals surface area contributed by atoms with Gasteiger partial charge in [-0.05, 0) is 64.5 Å². The summed E-state index contributed by atoms with van der Waals surface area (Å²) in [4.78, 5) is 18.4. The Bertz CT molecular complexity index is 1490. The highest BCUT2D eigenvalue weighted by atomic mass is 16.3. The van der Waals surface area contributed by atoms with Crippen molar-refractivity contribution in [3.8, 4) is 0 Å². The number of nitrogens with one attached hydrogen (secondary N) is 1. The fourth-order valence-electron chi connectivity index (χ4n) is 4.74. The first-order valence-corrected chi connectivity index (χ1v) is 12.2. The van der Waals surface area contributed by atoms with Crippen LogP contribution in [0.25, 0.3) is 10.9 Å². The summed E-state index contributed by atoms with van der Waals surface area (Å²) in [5.41, 5.74) is 3.69. The summed E-state index contributed by atoms with van der Waals surface area (Å²) in [6, 6.07) is 21.8. The lowest BCUT2D eigenvalue weighted by atomic mass is 10.00. The summed E-state index contributed by atoms with van der Waals surface area (Å²) in [5, 5.41) is 13.8. The predicted molar refractivity (Wildman–Crippen MR) is 138 cm³/mol. The molecular weight excluding hydrogens is 452 g/mol. The van der Waals surface area contributed by atoms with E-state index in [-0.39, 0.29) is 17.5 Å². The lowest BCUT2D eigenvalue weighted by molar-refractivity contribution is 0.116. The number of hydrogen-bond donors (Lipinski definition) is 1. The molecule has 0 radical (unpaired) electrons. The van der Waals surface area contributed by atoms with Gasteiger partial charge in [0.25, 0.3) is 5.56 Å². The molecule has 0 spiro atoms. The number of furan rings is 1. The Morgan fingerprint density at radius 3 is 2.61 bits per heavy atom. The zero-order valence-electron chi connectivity index (χ0n) is 20.8. The van der Waals surface area contributed by atoms with E-state index >= 15 is 0 Å². The van der Waals surface area contributed by atoms with E-state index in [9.17, 15) is 4.79 Å². The van der Waals surface area contributed by atoms with Crippen LogP contribution in [-0.2, 0) is 19.6 Å². The average molecular weight is 483 g/mol. The van der Waals surface area contributed by atoms with E-state index in [2.05, 4.69) is 64.4 Å². The normalized spacial score (nSPS) is 12.6. The van der Waals surface area contributed by atoms with Crippen LogP contribution in [0.1, 0.15) is 48.2 Å². The molecule has 36 heavy (non-hydrogen) atoms. The van der Waals surface area contributed by atoms with Crippen molar-refractivity contribution in [2.45, 2.75) is 46.4 Å². The summed E-state index contributed by atoms with van der Waals surface area (Å²) in [6.45, 7) is 7.84. The van der Waals surface area contributed by atoms with Gasteiger partial charge in [0.05, 0.1) is 25.4 Å². The third kappa shape index (κ3) is 5.13. The van der Waals surface area contributed by atoms with Gasteiger partial charge < -0.3 is 9.40 Å². The van der Waals surface area contributed by atoms with Crippen molar-refractivity contribution in [2.75, 3.05) is 0 Å². The smallest absolute Gasteiger partial charge is 0.252 e. The Balaban J connectivity index is 1.54. The molecule has 3 aromatic heterocycles. The second-order valence-corrected chi connectivity index (χ2v) is 9.57. The predicted octanol–water partition coefficient (Wildman–Crippen LogP) is 4.86. The monoisotopic (exact) mass is 482 g/mol. The molecule has 184 valence electrons. The van der Waals surface area contributed by atoms with Crippen LogP contribution in [0.15, 0.2) is 82.2 Å². The number of benzene rings is 2. The minimum absolute atomic E-state index is 0.0952. The van der Waals surface area contributed by atoms with Crippen LogP contribution in [-0.4, -0.2) is 30.1 Å². The summed E-state index contributed by atoms with van der Waals surface area (Å²) >= 11 is 0. The van der Waals surface area contributed by atoms with E-state index in [0.717, 1.165) is 33.6 Å². The van der Waals surface area contributed by atoms with Crippen molar-refractivity contribution in [2.24, 2.45) is 5.92 Å². The van der Waals surface area contributed by atoms with Crippen molar-refractivity contribution in [3.05, 3.63) is 112 Å². The van der Waals surface area contributed by atoms with Gasteiger partial charge in [-0.15, -0.1) is 5.10 Å². The van der Waals surface area contributed by atoms with Crippen molar-refractivity contribution in [1.29, 1.82) is 0 Å². The molecule has 3 heterocycles. The van der Waals surface area contributed by atoms with E-state index in [1.807, 2.05) is 53.2 Å². The molecule has 8 nitrogen and oxygen atoms in total. The van der Waals surface area contributed by atoms with Gasteiger partial charge in [0, 0.05) is 17.6 Å². The van der Waals surface area contributed by atoms with Crippen LogP contribution in [0.4, 0.5) is 0 Å². The fourth-order valence-corrected chi connectivity index (χ4v) is 4.74. The zero-order chi connectivity index (χ0) is 25.1. The molecule has 1 unspecified atom stereocenters. The minimum Gasteiger partial charge on any atom is -0.468 e. The van der Waals surface area contributed by atoms with Gasteiger partial charge in [0.15, 0.2) is 5.82 Å². The minimum atomic E-state index is -0.151. The molecule has 1 N–H and O–H groups in total. The SMILES string of the molecule is Cc1ccc2[nH]c(=O)c(CN(Cc3ccco3)C(c3nnnn3Cc3ccccc3)C(C)C)cc2c1. The Hall–Kier alpha value is -4.04. The molecular formula is C28H30N6O2. The Kier molecular flexibility index (Phi) is 6.77. The van der Waals surface area contributed by atoms with Gasteiger partial charge >= 0.3 is 0 Å². The molecule has 0 amide bonds. The quantitative estimate of drug-likeness (QED) is 0.322. The van der Waals surface area contributed by atoms with E-state index in [0.29, 0.717) is 25.2 Å².